The van der Waals surface area contributed by atoms with Gasteiger partial charge in [-0.15, -0.1) is 0 Å². The first-order valence-electron chi connectivity index (χ1n) is 11.8. The number of aromatic nitrogens is 2. The monoisotopic (exact) mass is 461 g/mol. The van der Waals surface area contributed by atoms with Crippen LogP contribution < -0.4 is 15.4 Å². The lowest BCUT2D eigenvalue weighted by Gasteiger charge is -2.41. The molecule has 8 heteroatoms. The Bertz CT molecular complexity index is 1340. The van der Waals surface area contributed by atoms with E-state index in [2.05, 4.69) is 20.9 Å². The number of aromatic hydroxyl groups is 1. The Hall–Kier alpha value is -3.60. The molecule has 2 saturated carbocycles. The molecule has 0 atom stereocenters. The zero-order valence-electron chi connectivity index (χ0n) is 19.4. The number of hydrogen-bond donors (Lipinski definition) is 1. The van der Waals surface area contributed by atoms with Crippen LogP contribution >= 0.6 is 0 Å². The molecular weight excluding hydrogens is 433 g/mol. The van der Waals surface area contributed by atoms with Crippen molar-refractivity contribution in [3.8, 4) is 11.8 Å². The average Bonchev–Trinajstić information content (AvgIpc) is 3.68. The van der Waals surface area contributed by atoms with Crippen LogP contribution in [-0.2, 0) is 7.05 Å². The predicted octanol–water partition coefficient (Wildman–Crippen LogP) is 4.07. The quantitative estimate of drug-likeness (QED) is 0.617. The molecule has 2 heterocycles. The van der Waals surface area contributed by atoms with Crippen LogP contribution in [0, 0.1) is 17.1 Å². The summed E-state index contributed by atoms with van der Waals surface area (Å²) in [6.07, 6.45) is 5.87. The highest BCUT2D eigenvalue weighted by atomic mass is 19.1. The van der Waals surface area contributed by atoms with Crippen LogP contribution in [0.5, 0.6) is 5.75 Å². The molecule has 176 valence electrons. The lowest BCUT2D eigenvalue weighted by molar-refractivity contribution is 0.363. The van der Waals surface area contributed by atoms with Crippen LogP contribution in [-0.4, -0.2) is 39.8 Å². The molecule has 0 radical (unpaired) electrons. The van der Waals surface area contributed by atoms with Crippen molar-refractivity contribution in [2.24, 2.45) is 7.05 Å². The molecule has 1 aromatic carbocycles. The summed E-state index contributed by atoms with van der Waals surface area (Å²) in [6.45, 7) is 0. The Kier molecular flexibility index (Phi) is 5.64. The normalized spacial score (nSPS) is 20.2. The molecule has 2 aliphatic carbocycles. The van der Waals surface area contributed by atoms with Crippen LogP contribution in [0.15, 0.2) is 41.2 Å². The Morgan fingerprint density at radius 3 is 2.29 bits per heavy atom. The highest BCUT2D eigenvalue weighted by Crippen LogP contribution is 2.42. The summed E-state index contributed by atoms with van der Waals surface area (Å²) in [5.41, 5.74) is 3.03. The number of phenols is 1. The second-order valence-electron chi connectivity index (χ2n) is 9.45. The molecule has 5 rings (SSSR count). The number of pyridine rings is 2. The molecule has 2 fully saturated rings. The standard InChI is InChI=1S/C26H28FN5O2/c1-30(23-14-25(34)31(2)22-12-4-17(15-28)29-26(22)23)18-5-7-19(8-6-18)32(20-9-10-20)21-11-3-16(27)13-24(21)33/h3-4,11-14,18-20,33H,5-10H2,1-2H3/t18-,19+. The molecule has 0 saturated heterocycles. The van der Waals surface area contributed by atoms with Crippen LogP contribution in [0.1, 0.15) is 44.2 Å². The number of halogens is 1. The molecule has 7 nitrogen and oxygen atoms in total. The van der Waals surface area contributed by atoms with E-state index in [-0.39, 0.29) is 23.4 Å². The van der Waals surface area contributed by atoms with E-state index in [1.54, 1.807) is 35.9 Å². The van der Waals surface area contributed by atoms with Gasteiger partial charge in [0.25, 0.3) is 5.56 Å². The Labute approximate surface area is 197 Å². The van der Waals surface area contributed by atoms with Crippen LogP contribution in [0.2, 0.25) is 0 Å². The molecule has 2 aliphatic rings. The van der Waals surface area contributed by atoms with Gasteiger partial charge in [-0.05, 0) is 62.8 Å². The van der Waals surface area contributed by atoms with Crippen molar-refractivity contribution in [2.45, 2.75) is 56.7 Å². The van der Waals surface area contributed by atoms with Crippen LogP contribution in [0.3, 0.4) is 0 Å². The molecular formula is C26H28FN5O2. The van der Waals surface area contributed by atoms with Gasteiger partial charge in [0.2, 0.25) is 0 Å². The molecule has 3 aromatic rings. The maximum Gasteiger partial charge on any atom is 0.252 e. The zero-order chi connectivity index (χ0) is 24.0. The first-order valence-corrected chi connectivity index (χ1v) is 11.8. The summed E-state index contributed by atoms with van der Waals surface area (Å²) in [5.74, 6) is -0.436. The molecule has 2 aromatic heterocycles. The van der Waals surface area contributed by atoms with E-state index in [0.717, 1.165) is 44.2 Å². The van der Waals surface area contributed by atoms with E-state index >= 15 is 0 Å². The van der Waals surface area contributed by atoms with E-state index < -0.39 is 5.82 Å². The van der Waals surface area contributed by atoms with Crippen molar-refractivity contribution < 1.29 is 9.50 Å². The lowest BCUT2D eigenvalue weighted by atomic mass is 9.88. The third-order valence-electron chi connectivity index (χ3n) is 7.33. The molecule has 0 unspecified atom stereocenters. The largest absolute Gasteiger partial charge is 0.506 e. The number of anilines is 2. The highest BCUT2D eigenvalue weighted by molar-refractivity contribution is 5.88. The first kappa shape index (κ1) is 22.2. The van der Waals surface area contributed by atoms with Crippen molar-refractivity contribution in [2.75, 3.05) is 16.8 Å². The number of fused-ring (bicyclic) bond motifs is 1. The minimum Gasteiger partial charge on any atom is -0.506 e. The topological polar surface area (TPSA) is 85.4 Å². The highest BCUT2D eigenvalue weighted by Gasteiger charge is 2.38. The number of aryl methyl sites for hydroxylation is 1. The van der Waals surface area contributed by atoms with Gasteiger partial charge < -0.3 is 19.5 Å². The summed E-state index contributed by atoms with van der Waals surface area (Å²) >= 11 is 0. The van der Waals surface area contributed by atoms with Crippen molar-refractivity contribution >= 4 is 22.4 Å². The SMILES string of the molecule is Cn1c(=O)cc(N(C)[C@H]2CC[C@@H](N(c3ccc(F)cc3O)C3CC3)CC2)c2nc(C#N)ccc21. The van der Waals surface area contributed by atoms with E-state index in [4.69, 9.17) is 0 Å². The number of nitrogens with zero attached hydrogens (tertiary/aromatic N) is 5. The maximum absolute atomic E-state index is 13.6. The second-order valence-corrected chi connectivity index (χ2v) is 9.45. The van der Waals surface area contributed by atoms with Gasteiger partial charge in [0.15, 0.2) is 0 Å². The van der Waals surface area contributed by atoms with Gasteiger partial charge in [-0.25, -0.2) is 9.37 Å². The Balaban J connectivity index is 1.39. The van der Waals surface area contributed by atoms with E-state index in [1.165, 1.54) is 12.1 Å². The summed E-state index contributed by atoms with van der Waals surface area (Å²) < 4.78 is 15.1. The van der Waals surface area contributed by atoms with E-state index in [1.807, 2.05) is 7.05 Å². The zero-order valence-corrected chi connectivity index (χ0v) is 19.4. The first-order chi connectivity index (χ1) is 16.4. The smallest absolute Gasteiger partial charge is 0.252 e. The fraction of sp³-hybridized carbons (Fsp3) is 0.423. The molecule has 0 bridgehead atoms. The Morgan fingerprint density at radius 1 is 1.03 bits per heavy atom. The molecule has 34 heavy (non-hydrogen) atoms. The van der Waals surface area contributed by atoms with Crippen molar-refractivity contribution in [3.63, 3.8) is 0 Å². The van der Waals surface area contributed by atoms with Gasteiger partial charge in [-0.1, -0.05) is 0 Å². The average molecular weight is 462 g/mol. The summed E-state index contributed by atoms with van der Waals surface area (Å²) in [6, 6.07) is 12.3. The summed E-state index contributed by atoms with van der Waals surface area (Å²) in [5, 5.41) is 19.7. The number of nitriles is 1. The Morgan fingerprint density at radius 2 is 1.68 bits per heavy atom. The van der Waals surface area contributed by atoms with Gasteiger partial charge in [0.05, 0.1) is 16.9 Å². The number of hydrogen-bond acceptors (Lipinski definition) is 6. The van der Waals surface area contributed by atoms with Gasteiger partial charge in [-0.2, -0.15) is 5.26 Å². The minimum atomic E-state index is -0.434. The fourth-order valence-electron chi connectivity index (χ4n) is 5.32. The summed E-state index contributed by atoms with van der Waals surface area (Å²) in [7, 11) is 3.70. The number of benzene rings is 1. The maximum atomic E-state index is 13.6. The number of rotatable bonds is 5. The third-order valence-corrected chi connectivity index (χ3v) is 7.33. The van der Waals surface area contributed by atoms with Gasteiger partial charge in [-0.3, -0.25) is 4.79 Å². The lowest BCUT2D eigenvalue weighted by Crippen LogP contribution is -2.44. The van der Waals surface area contributed by atoms with Crippen molar-refractivity contribution in [1.82, 2.24) is 9.55 Å². The van der Waals surface area contributed by atoms with Gasteiger partial charge in [0.1, 0.15) is 28.8 Å². The van der Waals surface area contributed by atoms with Crippen LogP contribution in [0.25, 0.3) is 11.0 Å². The molecule has 0 amide bonds. The predicted molar refractivity (Wildman–Crippen MR) is 130 cm³/mol. The third kappa shape index (κ3) is 3.96. The molecule has 0 spiro atoms. The van der Waals surface area contributed by atoms with Crippen molar-refractivity contribution in [3.05, 3.63) is 58.3 Å². The molecule has 0 aliphatic heterocycles. The number of phenolic OH excluding ortho intramolecular Hbond substituents is 1. The van der Waals surface area contributed by atoms with Gasteiger partial charge >= 0.3 is 0 Å². The van der Waals surface area contributed by atoms with Crippen LogP contribution in [0.4, 0.5) is 15.8 Å². The van der Waals surface area contributed by atoms with Crippen molar-refractivity contribution in [1.29, 1.82) is 5.26 Å². The summed E-state index contributed by atoms with van der Waals surface area (Å²) in [4.78, 5) is 21.6. The minimum absolute atomic E-state index is 0.00267. The second kappa shape index (κ2) is 8.64. The molecule has 1 N–H and O–H groups in total. The van der Waals surface area contributed by atoms with E-state index in [9.17, 15) is 19.6 Å². The van der Waals surface area contributed by atoms with E-state index in [0.29, 0.717) is 28.5 Å². The van der Waals surface area contributed by atoms with Gasteiger partial charge in [0, 0.05) is 44.4 Å². The fourth-order valence-corrected chi connectivity index (χ4v) is 5.32.